The first kappa shape index (κ1) is 24.1. The summed E-state index contributed by atoms with van der Waals surface area (Å²) in [5.74, 6) is 0.241. The van der Waals surface area contributed by atoms with E-state index in [9.17, 15) is 9.59 Å². The van der Waals surface area contributed by atoms with Gasteiger partial charge in [0.1, 0.15) is 11.8 Å². The molecule has 3 aromatic rings. The average molecular weight is 445 g/mol. The van der Waals surface area contributed by atoms with Crippen LogP contribution in [0.15, 0.2) is 72.8 Å². The van der Waals surface area contributed by atoms with Gasteiger partial charge in [0.15, 0.2) is 6.61 Å². The van der Waals surface area contributed by atoms with Gasteiger partial charge in [-0.2, -0.15) is 0 Å². The van der Waals surface area contributed by atoms with Crippen LogP contribution in [-0.4, -0.2) is 36.4 Å². The van der Waals surface area contributed by atoms with Gasteiger partial charge < -0.3 is 15.0 Å². The second-order valence-electron chi connectivity index (χ2n) is 8.31. The maximum Gasteiger partial charge on any atom is 0.261 e. The molecule has 172 valence electrons. The monoisotopic (exact) mass is 444 g/mol. The van der Waals surface area contributed by atoms with Crippen LogP contribution >= 0.6 is 0 Å². The minimum Gasteiger partial charge on any atom is -0.483 e. The van der Waals surface area contributed by atoms with Crippen molar-refractivity contribution in [2.24, 2.45) is 0 Å². The van der Waals surface area contributed by atoms with Gasteiger partial charge in [0.25, 0.3) is 5.91 Å². The zero-order valence-electron chi connectivity index (χ0n) is 19.8. The molecule has 0 radical (unpaired) electrons. The van der Waals surface area contributed by atoms with Crippen LogP contribution < -0.4 is 10.1 Å². The number of nitrogens with one attached hydrogen (secondary N) is 1. The van der Waals surface area contributed by atoms with Gasteiger partial charge >= 0.3 is 0 Å². The Morgan fingerprint density at radius 2 is 1.58 bits per heavy atom. The number of carbonyl (C=O) groups excluding carboxylic acids is 2. The highest BCUT2D eigenvalue weighted by Gasteiger charge is 2.30. The molecule has 0 fully saturated rings. The molecule has 5 heteroatoms. The van der Waals surface area contributed by atoms with E-state index in [1.807, 2.05) is 93.6 Å². The Labute approximate surface area is 196 Å². The van der Waals surface area contributed by atoms with Crippen molar-refractivity contribution in [2.45, 2.75) is 39.8 Å². The molecule has 0 saturated heterocycles. The Kier molecular flexibility index (Phi) is 8.25. The van der Waals surface area contributed by atoms with Crippen molar-refractivity contribution in [3.63, 3.8) is 0 Å². The molecule has 5 nitrogen and oxygen atoms in total. The number of nitrogens with zero attached hydrogens (tertiary/aromatic N) is 1. The summed E-state index contributed by atoms with van der Waals surface area (Å²) < 4.78 is 5.91. The first-order chi connectivity index (χ1) is 15.9. The molecule has 1 N–H and O–H groups in total. The lowest BCUT2D eigenvalue weighted by atomic mass is 10.0. The number of hydrogen-bond acceptors (Lipinski definition) is 3. The van der Waals surface area contributed by atoms with E-state index in [0.717, 1.165) is 27.8 Å². The van der Waals surface area contributed by atoms with Crippen molar-refractivity contribution in [1.82, 2.24) is 10.2 Å². The molecule has 0 aliphatic carbocycles. The minimum absolute atomic E-state index is 0.140. The standard InChI is InChI=1S/C28H32N2O3/c1-20-13-15-24(16-14-20)18-30(25(28(32)29-4)17-23-10-6-5-7-11-23)27(31)19-33-26-12-8-9-21(2)22(26)3/h5-16,25H,17-19H2,1-4H3,(H,29,32)/t25-/m1/s1. The Bertz CT molecular complexity index is 1080. The molecule has 0 bridgehead atoms. The number of ether oxygens (including phenoxy) is 1. The fraction of sp³-hybridized carbons (Fsp3) is 0.286. The third kappa shape index (κ3) is 6.45. The summed E-state index contributed by atoms with van der Waals surface area (Å²) >= 11 is 0. The summed E-state index contributed by atoms with van der Waals surface area (Å²) in [6.45, 7) is 6.18. The topological polar surface area (TPSA) is 58.6 Å². The van der Waals surface area contributed by atoms with Gasteiger partial charge in [0.2, 0.25) is 5.91 Å². The molecule has 3 rings (SSSR count). The number of aryl methyl sites for hydroxylation is 2. The van der Waals surface area contributed by atoms with Crippen LogP contribution in [0.5, 0.6) is 5.75 Å². The molecule has 0 aliphatic rings. The summed E-state index contributed by atoms with van der Waals surface area (Å²) in [7, 11) is 1.60. The van der Waals surface area contributed by atoms with E-state index in [2.05, 4.69) is 5.32 Å². The number of likely N-dealkylation sites (N-methyl/N-ethyl adjacent to an activating group) is 1. The fourth-order valence-electron chi connectivity index (χ4n) is 3.71. The normalized spacial score (nSPS) is 11.5. The number of benzene rings is 3. The van der Waals surface area contributed by atoms with Crippen molar-refractivity contribution < 1.29 is 14.3 Å². The number of rotatable bonds is 9. The van der Waals surface area contributed by atoms with Gasteiger partial charge in [0.05, 0.1) is 0 Å². The lowest BCUT2D eigenvalue weighted by molar-refractivity contribution is -0.142. The molecule has 0 aromatic heterocycles. The first-order valence-corrected chi connectivity index (χ1v) is 11.2. The summed E-state index contributed by atoms with van der Waals surface area (Å²) in [6, 6.07) is 22.9. The van der Waals surface area contributed by atoms with Crippen LogP contribution in [0.25, 0.3) is 0 Å². The summed E-state index contributed by atoms with van der Waals surface area (Å²) in [6.07, 6.45) is 0.418. The molecule has 2 amide bonds. The average Bonchev–Trinajstić information content (AvgIpc) is 2.83. The van der Waals surface area contributed by atoms with Crippen LogP contribution in [0.2, 0.25) is 0 Å². The molecule has 0 spiro atoms. The Morgan fingerprint density at radius 1 is 0.879 bits per heavy atom. The highest BCUT2D eigenvalue weighted by Crippen LogP contribution is 2.21. The fourth-order valence-corrected chi connectivity index (χ4v) is 3.71. The molecule has 0 saturated carbocycles. The summed E-state index contributed by atoms with van der Waals surface area (Å²) in [5, 5.41) is 2.73. The zero-order valence-corrected chi connectivity index (χ0v) is 19.8. The lowest BCUT2D eigenvalue weighted by Gasteiger charge is -2.31. The van der Waals surface area contributed by atoms with E-state index in [4.69, 9.17) is 4.74 Å². The summed E-state index contributed by atoms with van der Waals surface area (Å²) in [4.78, 5) is 28.0. The van der Waals surface area contributed by atoms with Gasteiger partial charge in [-0.05, 0) is 49.1 Å². The Morgan fingerprint density at radius 3 is 2.24 bits per heavy atom. The van der Waals surface area contributed by atoms with Crippen molar-refractivity contribution in [3.8, 4) is 5.75 Å². The Hall–Kier alpha value is -3.60. The van der Waals surface area contributed by atoms with Crippen LogP contribution in [0.4, 0.5) is 0 Å². The van der Waals surface area contributed by atoms with Gasteiger partial charge in [0, 0.05) is 20.0 Å². The number of hydrogen-bond donors (Lipinski definition) is 1. The van der Waals surface area contributed by atoms with Crippen molar-refractivity contribution in [2.75, 3.05) is 13.7 Å². The number of amides is 2. The third-order valence-corrected chi connectivity index (χ3v) is 5.90. The molecular weight excluding hydrogens is 412 g/mol. The molecule has 33 heavy (non-hydrogen) atoms. The van der Waals surface area contributed by atoms with Crippen LogP contribution in [0.3, 0.4) is 0 Å². The van der Waals surface area contributed by atoms with Crippen LogP contribution in [0.1, 0.15) is 27.8 Å². The minimum atomic E-state index is -0.659. The van der Waals surface area contributed by atoms with E-state index in [-0.39, 0.29) is 18.4 Å². The maximum atomic E-state index is 13.5. The molecule has 1 atom stereocenters. The van der Waals surface area contributed by atoms with Gasteiger partial charge in [-0.25, -0.2) is 0 Å². The lowest BCUT2D eigenvalue weighted by Crippen LogP contribution is -2.51. The third-order valence-electron chi connectivity index (χ3n) is 5.90. The van der Waals surface area contributed by atoms with Crippen LogP contribution in [0, 0.1) is 20.8 Å². The number of carbonyl (C=O) groups is 2. The predicted molar refractivity (Wildman–Crippen MR) is 131 cm³/mol. The molecule has 0 unspecified atom stereocenters. The second-order valence-corrected chi connectivity index (χ2v) is 8.31. The van der Waals surface area contributed by atoms with E-state index < -0.39 is 6.04 Å². The second kappa shape index (κ2) is 11.3. The maximum absolute atomic E-state index is 13.5. The van der Waals surface area contributed by atoms with Gasteiger partial charge in [-0.3, -0.25) is 9.59 Å². The van der Waals surface area contributed by atoms with E-state index in [0.29, 0.717) is 18.7 Å². The largest absolute Gasteiger partial charge is 0.483 e. The van der Waals surface area contributed by atoms with Gasteiger partial charge in [-0.15, -0.1) is 0 Å². The van der Waals surface area contributed by atoms with Crippen molar-refractivity contribution >= 4 is 11.8 Å². The summed E-state index contributed by atoms with van der Waals surface area (Å²) in [5.41, 5.74) is 5.19. The van der Waals surface area contributed by atoms with E-state index >= 15 is 0 Å². The highest BCUT2D eigenvalue weighted by molar-refractivity contribution is 5.88. The zero-order chi connectivity index (χ0) is 23.8. The Balaban J connectivity index is 1.88. The molecule has 0 heterocycles. The van der Waals surface area contributed by atoms with Crippen molar-refractivity contribution in [3.05, 3.63) is 101 Å². The van der Waals surface area contributed by atoms with E-state index in [1.54, 1.807) is 11.9 Å². The van der Waals surface area contributed by atoms with E-state index in [1.165, 1.54) is 0 Å². The first-order valence-electron chi connectivity index (χ1n) is 11.2. The highest BCUT2D eigenvalue weighted by atomic mass is 16.5. The molecular formula is C28H32N2O3. The quantitative estimate of drug-likeness (QED) is 0.533. The van der Waals surface area contributed by atoms with Crippen LogP contribution in [-0.2, 0) is 22.6 Å². The SMILES string of the molecule is CNC(=O)[C@@H](Cc1ccccc1)N(Cc1ccc(C)cc1)C(=O)COc1cccc(C)c1C. The van der Waals surface area contributed by atoms with Gasteiger partial charge in [-0.1, -0.05) is 72.3 Å². The smallest absolute Gasteiger partial charge is 0.261 e. The predicted octanol–water partition coefficient (Wildman–Crippen LogP) is 4.38. The van der Waals surface area contributed by atoms with Crippen molar-refractivity contribution in [1.29, 1.82) is 0 Å². The molecule has 3 aromatic carbocycles. The molecule has 0 aliphatic heterocycles.